The van der Waals surface area contributed by atoms with E-state index in [0.717, 1.165) is 24.3 Å². The molecule has 0 aliphatic rings. The van der Waals surface area contributed by atoms with Crippen molar-refractivity contribution in [2.75, 3.05) is 0 Å². The Hall–Kier alpha value is -1.66. The van der Waals surface area contributed by atoms with Crippen molar-refractivity contribution in [2.24, 2.45) is 5.73 Å². The van der Waals surface area contributed by atoms with Crippen LogP contribution in [0.3, 0.4) is 0 Å². The molecular formula is C14H11ClF5N. The van der Waals surface area contributed by atoms with Gasteiger partial charge in [0.15, 0.2) is 11.6 Å². The normalized spacial score (nSPS) is 11.1. The van der Waals surface area contributed by atoms with Crippen molar-refractivity contribution in [3.63, 3.8) is 0 Å². The molecule has 0 saturated carbocycles. The summed E-state index contributed by atoms with van der Waals surface area (Å²) in [4.78, 5) is 0. The summed E-state index contributed by atoms with van der Waals surface area (Å²) >= 11 is 0. The van der Waals surface area contributed by atoms with E-state index in [4.69, 9.17) is 5.73 Å². The lowest BCUT2D eigenvalue weighted by molar-refractivity contribution is -0.137. The van der Waals surface area contributed by atoms with Gasteiger partial charge in [-0.05, 0) is 41.0 Å². The Morgan fingerprint density at radius 1 is 0.905 bits per heavy atom. The molecule has 0 heterocycles. The standard InChI is InChI=1S/C14H10F5N.ClH/c15-12-4-1-8(6-13(12)16)11-3-2-10(14(17,18)19)5-9(11)7-20;/h1-6H,7,20H2;1H. The summed E-state index contributed by atoms with van der Waals surface area (Å²) in [5.74, 6) is -2.08. The third-order valence-electron chi connectivity index (χ3n) is 2.88. The van der Waals surface area contributed by atoms with Gasteiger partial charge in [-0.25, -0.2) is 8.78 Å². The quantitative estimate of drug-likeness (QED) is 0.807. The lowest BCUT2D eigenvalue weighted by Gasteiger charge is -2.13. The van der Waals surface area contributed by atoms with Crippen LogP contribution in [0, 0.1) is 11.6 Å². The monoisotopic (exact) mass is 323 g/mol. The van der Waals surface area contributed by atoms with Crippen LogP contribution in [0.2, 0.25) is 0 Å². The van der Waals surface area contributed by atoms with Gasteiger partial charge in [0.2, 0.25) is 0 Å². The molecule has 1 nitrogen and oxygen atoms in total. The van der Waals surface area contributed by atoms with Crippen LogP contribution in [0.4, 0.5) is 22.0 Å². The SMILES string of the molecule is Cl.NCc1cc(C(F)(F)F)ccc1-c1ccc(F)c(F)c1. The summed E-state index contributed by atoms with van der Waals surface area (Å²) in [5.41, 5.74) is 5.44. The lowest BCUT2D eigenvalue weighted by atomic mass is 9.97. The number of alkyl halides is 3. The van der Waals surface area contributed by atoms with Crippen molar-refractivity contribution in [2.45, 2.75) is 12.7 Å². The van der Waals surface area contributed by atoms with Gasteiger partial charge >= 0.3 is 6.18 Å². The Bertz CT molecular complexity index is 640. The van der Waals surface area contributed by atoms with Crippen LogP contribution in [0.5, 0.6) is 0 Å². The molecule has 114 valence electrons. The van der Waals surface area contributed by atoms with Gasteiger partial charge < -0.3 is 5.73 Å². The van der Waals surface area contributed by atoms with Gasteiger partial charge in [0, 0.05) is 6.54 Å². The molecule has 0 fully saturated rings. The maximum Gasteiger partial charge on any atom is 0.416 e. The summed E-state index contributed by atoms with van der Waals surface area (Å²) in [6.45, 7) is -0.141. The maximum absolute atomic E-state index is 13.2. The van der Waals surface area contributed by atoms with E-state index in [0.29, 0.717) is 5.56 Å². The molecule has 2 rings (SSSR count). The first-order valence-electron chi connectivity index (χ1n) is 5.68. The average Bonchev–Trinajstić information content (AvgIpc) is 2.40. The summed E-state index contributed by atoms with van der Waals surface area (Å²) < 4.78 is 63.9. The van der Waals surface area contributed by atoms with Crippen LogP contribution >= 0.6 is 12.4 Å². The Morgan fingerprint density at radius 2 is 1.57 bits per heavy atom. The Kier molecular flexibility index (Phi) is 5.31. The first-order valence-corrected chi connectivity index (χ1v) is 5.68. The molecule has 0 aromatic heterocycles. The molecule has 0 radical (unpaired) electrons. The van der Waals surface area contributed by atoms with E-state index in [-0.39, 0.29) is 30.1 Å². The zero-order valence-electron chi connectivity index (χ0n) is 10.5. The van der Waals surface area contributed by atoms with Crippen molar-refractivity contribution >= 4 is 12.4 Å². The number of nitrogens with two attached hydrogens (primary N) is 1. The molecule has 2 aromatic rings. The van der Waals surface area contributed by atoms with Gasteiger partial charge in [0.05, 0.1) is 5.56 Å². The van der Waals surface area contributed by atoms with Crippen molar-refractivity contribution in [1.29, 1.82) is 0 Å². The zero-order chi connectivity index (χ0) is 14.9. The Morgan fingerprint density at radius 3 is 2.10 bits per heavy atom. The first kappa shape index (κ1) is 17.4. The summed E-state index contributed by atoms with van der Waals surface area (Å²) in [6.07, 6.45) is -4.48. The van der Waals surface area contributed by atoms with Gasteiger partial charge in [-0.1, -0.05) is 12.1 Å². The van der Waals surface area contributed by atoms with Crippen LogP contribution in [-0.4, -0.2) is 0 Å². The second-order valence-corrected chi connectivity index (χ2v) is 4.20. The number of hydrogen-bond acceptors (Lipinski definition) is 1. The third kappa shape index (κ3) is 3.71. The molecule has 2 N–H and O–H groups in total. The van der Waals surface area contributed by atoms with Crippen LogP contribution < -0.4 is 5.73 Å². The predicted octanol–water partition coefficient (Wildman–Crippen LogP) is 4.53. The molecule has 7 heteroatoms. The maximum atomic E-state index is 13.2. The Labute approximate surface area is 124 Å². The van der Waals surface area contributed by atoms with Crippen molar-refractivity contribution in [1.82, 2.24) is 0 Å². The van der Waals surface area contributed by atoms with Crippen LogP contribution in [-0.2, 0) is 12.7 Å². The van der Waals surface area contributed by atoms with Gasteiger partial charge in [0.25, 0.3) is 0 Å². The molecule has 0 atom stereocenters. The van der Waals surface area contributed by atoms with Gasteiger partial charge in [0.1, 0.15) is 0 Å². The third-order valence-corrected chi connectivity index (χ3v) is 2.88. The van der Waals surface area contributed by atoms with E-state index in [9.17, 15) is 22.0 Å². The Balaban J connectivity index is 0.00000220. The van der Waals surface area contributed by atoms with Crippen molar-refractivity contribution in [3.05, 3.63) is 59.2 Å². The molecule has 0 spiro atoms. The van der Waals surface area contributed by atoms with Crippen LogP contribution in [0.25, 0.3) is 11.1 Å². The molecule has 0 aliphatic carbocycles. The predicted molar refractivity (Wildman–Crippen MR) is 71.9 cm³/mol. The molecule has 2 aromatic carbocycles. The van der Waals surface area contributed by atoms with E-state index in [1.165, 1.54) is 12.1 Å². The highest BCUT2D eigenvalue weighted by Gasteiger charge is 2.30. The van der Waals surface area contributed by atoms with Crippen LogP contribution in [0.15, 0.2) is 36.4 Å². The summed E-state index contributed by atoms with van der Waals surface area (Å²) in [6, 6.07) is 6.14. The molecule has 21 heavy (non-hydrogen) atoms. The second-order valence-electron chi connectivity index (χ2n) is 4.20. The number of halogens is 6. The number of benzene rings is 2. The zero-order valence-corrected chi connectivity index (χ0v) is 11.4. The molecule has 0 saturated heterocycles. The highest BCUT2D eigenvalue weighted by atomic mass is 35.5. The van der Waals surface area contributed by atoms with Crippen molar-refractivity contribution in [3.8, 4) is 11.1 Å². The molecule has 0 amide bonds. The average molecular weight is 324 g/mol. The molecule has 0 bridgehead atoms. The van der Waals surface area contributed by atoms with Crippen LogP contribution in [0.1, 0.15) is 11.1 Å². The van der Waals surface area contributed by atoms with Gasteiger partial charge in [-0.3, -0.25) is 0 Å². The molecule has 0 aliphatic heterocycles. The second kappa shape index (κ2) is 6.41. The lowest BCUT2D eigenvalue weighted by Crippen LogP contribution is -2.08. The first-order chi connectivity index (χ1) is 9.32. The number of hydrogen-bond donors (Lipinski definition) is 1. The van der Waals surface area contributed by atoms with Crippen molar-refractivity contribution < 1.29 is 22.0 Å². The van der Waals surface area contributed by atoms with E-state index in [2.05, 4.69) is 0 Å². The van der Waals surface area contributed by atoms with E-state index >= 15 is 0 Å². The summed E-state index contributed by atoms with van der Waals surface area (Å²) in [7, 11) is 0. The minimum absolute atomic E-state index is 0. The fourth-order valence-corrected chi connectivity index (χ4v) is 1.88. The minimum Gasteiger partial charge on any atom is -0.326 e. The fourth-order valence-electron chi connectivity index (χ4n) is 1.88. The highest BCUT2D eigenvalue weighted by Crippen LogP contribution is 2.33. The van der Waals surface area contributed by atoms with E-state index in [1.807, 2.05) is 0 Å². The van der Waals surface area contributed by atoms with E-state index < -0.39 is 23.4 Å². The summed E-state index contributed by atoms with van der Waals surface area (Å²) in [5, 5.41) is 0. The molecule has 0 unspecified atom stereocenters. The highest BCUT2D eigenvalue weighted by molar-refractivity contribution is 5.85. The molecular weight excluding hydrogens is 313 g/mol. The topological polar surface area (TPSA) is 26.0 Å². The largest absolute Gasteiger partial charge is 0.416 e. The smallest absolute Gasteiger partial charge is 0.326 e. The van der Waals surface area contributed by atoms with Gasteiger partial charge in [-0.15, -0.1) is 12.4 Å². The minimum atomic E-state index is -4.48. The number of rotatable bonds is 2. The van der Waals surface area contributed by atoms with Gasteiger partial charge in [-0.2, -0.15) is 13.2 Å². The van der Waals surface area contributed by atoms with E-state index in [1.54, 1.807) is 0 Å². The fraction of sp³-hybridized carbons (Fsp3) is 0.143.